The second-order valence-electron chi connectivity index (χ2n) is 2.95. The monoisotopic (exact) mass is 265 g/mol. The first kappa shape index (κ1) is 21.1. The second-order valence-corrected chi connectivity index (χ2v) is 2.95. The zero-order valence-corrected chi connectivity index (χ0v) is 11.2. The van der Waals surface area contributed by atoms with Crippen LogP contribution in [-0.2, 0) is 17.1 Å². The maximum absolute atomic E-state index is 5.10. The predicted molar refractivity (Wildman–Crippen MR) is 69.3 cm³/mol. The Morgan fingerprint density at radius 2 is 1.25 bits per heavy atom. The van der Waals surface area contributed by atoms with E-state index in [1.54, 1.807) is 0 Å². The Morgan fingerprint density at radius 1 is 0.875 bits per heavy atom. The molecule has 0 amide bonds. The third-order valence-corrected chi connectivity index (χ3v) is 1.46. The Morgan fingerprint density at radius 3 is 1.31 bits per heavy atom. The molecule has 1 aromatic rings. The smallest absolute Gasteiger partial charge is 0.343 e. The molecule has 3 heteroatoms. The first-order valence-electron chi connectivity index (χ1n) is 5.48. The summed E-state index contributed by atoms with van der Waals surface area (Å²) in [6.45, 7) is 8.75. The van der Waals surface area contributed by atoms with E-state index in [-0.39, 0.29) is 17.1 Å². The number of unbranched alkanes of at least 4 members (excludes halogenated alkanes) is 2. The molecule has 16 heavy (non-hydrogen) atoms. The fourth-order valence-corrected chi connectivity index (χ4v) is 0.609. The van der Waals surface area contributed by atoms with Crippen LogP contribution < -0.4 is 11.5 Å². The number of hydrogen-bond acceptors (Lipinski definition) is 2. The maximum Gasteiger partial charge on any atom is 3.00 e. The molecule has 0 bridgehead atoms. The van der Waals surface area contributed by atoms with E-state index in [0.29, 0.717) is 0 Å². The summed E-state index contributed by atoms with van der Waals surface area (Å²) >= 11 is 0. The van der Waals surface area contributed by atoms with Crippen molar-refractivity contribution < 1.29 is 17.1 Å². The van der Waals surface area contributed by atoms with Crippen molar-refractivity contribution in [2.75, 3.05) is 13.1 Å². The molecule has 0 spiro atoms. The van der Waals surface area contributed by atoms with Crippen molar-refractivity contribution in [3.63, 3.8) is 0 Å². The van der Waals surface area contributed by atoms with Gasteiger partial charge in [0.25, 0.3) is 0 Å². The Labute approximate surface area is 112 Å². The van der Waals surface area contributed by atoms with Crippen molar-refractivity contribution in [3.8, 4) is 0 Å². The Balaban J connectivity index is -0.000000154. The molecule has 1 radical (unpaired) electrons. The van der Waals surface area contributed by atoms with Crippen molar-refractivity contribution in [1.29, 1.82) is 0 Å². The van der Waals surface area contributed by atoms with Gasteiger partial charge in [-0.3, -0.25) is 0 Å². The average Bonchev–Trinajstić information content (AvgIpc) is 2.79. The SMILES string of the molecule is [CH2-]CCCN.[CH2-]CCCN.[Fe+3].c1cc[cH-]c1. The van der Waals surface area contributed by atoms with Crippen LogP contribution in [0.5, 0.6) is 0 Å². The fourth-order valence-electron chi connectivity index (χ4n) is 0.609. The molecule has 95 valence electrons. The van der Waals surface area contributed by atoms with Gasteiger partial charge in [-0.15, -0.1) is 0 Å². The standard InChI is InChI=1S/C5H5.2C4H10N.Fe/c1-2-4-5-3-1;2*1-2-3-4-5;/h1-5H;2*1-5H2;/q3*-1;+3. The van der Waals surface area contributed by atoms with Crippen LogP contribution in [0.2, 0.25) is 0 Å². The molecule has 1 rings (SSSR count). The summed E-state index contributed by atoms with van der Waals surface area (Å²) in [4.78, 5) is 0. The summed E-state index contributed by atoms with van der Waals surface area (Å²) in [5.41, 5.74) is 10.2. The summed E-state index contributed by atoms with van der Waals surface area (Å²) in [5, 5.41) is 0. The molecular weight excluding hydrogens is 240 g/mol. The molecule has 0 aromatic heterocycles. The molecule has 4 N–H and O–H groups in total. The molecule has 0 saturated carbocycles. The summed E-state index contributed by atoms with van der Waals surface area (Å²) in [5.74, 6) is 0. The third kappa shape index (κ3) is 29.2. The van der Waals surface area contributed by atoms with Crippen molar-refractivity contribution in [2.45, 2.75) is 25.7 Å². The zero-order valence-electron chi connectivity index (χ0n) is 10.1. The first-order valence-corrected chi connectivity index (χ1v) is 5.48. The number of hydrogen-bond donors (Lipinski definition) is 2. The molecule has 0 atom stereocenters. The molecular formula is C13H25FeN2. The molecule has 0 heterocycles. The van der Waals surface area contributed by atoms with Crippen LogP contribution in [-0.4, -0.2) is 13.1 Å². The van der Waals surface area contributed by atoms with Crippen LogP contribution in [0.3, 0.4) is 0 Å². The van der Waals surface area contributed by atoms with Gasteiger partial charge in [-0.2, -0.15) is 31.0 Å². The van der Waals surface area contributed by atoms with Gasteiger partial charge in [-0.05, 0) is 13.1 Å². The third-order valence-electron chi connectivity index (χ3n) is 1.46. The van der Waals surface area contributed by atoms with Gasteiger partial charge >= 0.3 is 17.1 Å². The van der Waals surface area contributed by atoms with E-state index in [4.69, 9.17) is 11.5 Å². The summed E-state index contributed by atoms with van der Waals surface area (Å²) in [6.07, 6.45) is 4.05. The van der Waals surface area contributed by atoms with E-state index in [1.807, 2.05) is 30.3 Å². The molecule has 0 aliphatic heterocycles. The minimum atomic E-state index is 0. The number of nitrogens with two attached hydrogens (primary N) is 2. The molecule has 0 aliphatic carbocycles. The van der Waals surface area contributed by atoms with E-state index in [0.717, 1.165) is 38.8 Å². The van der Waals surface area contributed by atoms with Gasteiger partial charge < -0.3 is 25.3 Å². The van der Waals surface area contributed by atoms with Gasteiger partial charge in [0.1, 0.15) is 0 Å². The van der Waals surface area contributed by atoms with Gasteiger partial charge in [0.05, 0.1) is 0 Å². The molecule has 2 nitrogen and oxygen atoms in total. The van der Waals surface area contributed by atoms with E-state index in [2.05, 4.69) is 13.8 Å². The molecule has 0 saturated heterocycles. The Kier molecular flexibility index (Phi) is 31.9. The van der Waals surface area contributed by atoms with Crippen molar-refractivity contribution >= 4 is 0 Å². The number of rotatable bonds is 4. The van der Waals surface area contributed by atoms with Gasteiger partial charge in [-0.25, -0.2) is 12.1 Å². The van der Waals surface area contributed by atoms with Gasteiger partial charge in [0, 0.05) is 0 Å². The van der Waals surface area contributed by atoms with Crippen LogP contribution in [0.4, 0.5) is 0 Å². The average molecular weight is 265 g/mol. The summed E-state index contributed by atoms with van der Waals surface area (Å²) < 4.78 is 0. The van der Waals surface area contributed by atoms with Crippen LogP contribution in [0.1, 0.15) is 25.7 Å². The minimum absolute atomic E-state index is 0. The van der Waals surface area contributed by atoms with Crippen molar-refractivity contribution in [2.24, 2.45) is 11.5 Å². The minimum Gasteiger partial charge on any atom is -0.343 e. The van der Waals surface area contributed by atoms with Crippen molar-refractivity contribution in [1.82, 2.24) is 0 Å². The van der Waals surface area contributed by atoms with Crippen LogP contribution in [0, 0.1) is 13.8 Å². The molecule has 0 unspecified atom stereocenters. The maximum atomic E-state index is 5.10. The summed E-state index contributed by atoms with van der Waals surface area (Å²) in [7, 11) is 0. The Hall–Kier alpha value is -0.211. The van der Waals surface area contributed by atoms with Gasteiger partial charge in [0.2, 0.25) is 0 Å². The quantitative estimate of drug-likeness (QED) is 0.649. The van der Waals surface area contributed by atoms with Gasteiger partial charge in [-0.1, -0.05) is 12.8 Å². The van der Waals surface area contributed by atoms with E-state index in [9.17, 15) is 0 Å². The van der Waals surface area contributed by atoms with Crippen LogP contribution in [0.15, 0.2) is 30.3 Å². The van der Waals surface area contributed by atoms with E-state index >= 15 is 0 Å². The van der Waals surface area contributed by atoms with Crippen LogP contribution in [0.25, 0.3) is 0 Å². The Bertz CT molecular complexity index is 126. The molecule has 0 aliphatic rings. The second kappa shape index (κ2) is 24.2. The van der Waals surface area contributed by atoms with Crippen molar-refractivity contribution in [3.05, 3.63) is 44.2 Å². The zero-order chi connectivity index (χ0) is 11.8. The predicted octanol–water partition coefficient (Wildman–Crippen LogP) is 2.52. The molecule has 0 fully saturated rings. The molecule has 1 aromatic carbocycles. The fraction of sp³-hybridized carbons (Fsp3) is 0.462. The largest absolute Gasteiger partial charge is 3.00 e. The topological polar surface area (TPSA) is 52.0 Å². The van der Waals surface area contributed by atoms with E-state index in [1.165, 1.54) is 0 Å². The first-order chi connectivity index (χ1) is 7.33. The van der Waals surface area contributed by atoms with Gasteiger partial charge in [0.15, 0.2) is 0 Å². The summed E-state index contributed by atoms with van der Waals surface area (Å²) in [6, 6.07) is 10.0. The van der Waals surface area contributed by atoms with E-state index < -0.39 is 0 Å². The van der Waals surface area contributed by atoms with Crippen LogP contribution >= 0.6 is 0 Å². The normalized spacial score (nSPS) is 7.75.